The van der Waals surface area contributed by atoms with Crippen LogP contribution in [0.3, 0.4) is 0 Å². The van der Waals surface area contributed by atoms with Gasteiger partial charge >= 0.3 is 0 Å². The number of nitrogens with zero attached hydrogens (tertiary/aromatic N) is 3. The van der Waals surface area contributed by atoms with Crippen molar-refractivity contribution in [2.75, 3.05) is 57.9 Å². The molecule has 8 heteroatoms. The lowest BCUT2D eigenvalue weighted by atomic mass is 10.2. The van der Waals surface area contributed by atoms with E-state index in [4.69, 9.17) is 9.47 Å². The molecule has 8 nitrogen and oxygen atoms in total. The highest BCUT2D eigenvalue weighted by molar-refractivity contribution is 6.18. The Morgan fingerprint density at radius 3 is 2.00 bits per heavy atom. The van der Waals surface area contributed by atoms with Gasteiger partial charge in [-0.1, -0.05) is 6.07 Å². The zero-order valence-corrected chi connectivity index (χ0v) is 14.0. The molecule has 1 aromatic rings. The van der Waals surface area contributed by atoms with Crippen molar-refractivity contribution in [1.29, 1.82) is 0 Å². The van der Waals surface area contributed by atoms with Crippen LogP contribution in [0.25, 0.3) is 0 Å². The largest absolute Gasteiger partial charge is 0.378 e. The van der Waals surface area contributed by atoms with Gasteiger partial charge in [0.25, 0.3) is 11.8 Å². The topological polar surface area (TPSA) is 84.0 Å². The third-order valence-corrected chi connectivity index (χ3v) is 4.09. The van der Waals surface area contributed by atoms with Gasteiger partial charge < -0.3 is 24.6 Å². The molecule has 134 valence electrons. The third kappa shape index (κ3) is 4.55. The minimum Gasteiger partial charge on any atom is -0.378 e. The average Bonchev–Trinajstić information content (AvgIpc) is 2.70. The lowest BCUT2D eigenvalue weighted by molar-refractivity contribution is -0.138. The van der Waals surface area contributed by atoms with Gasteiger partial charge in [0.1, 0.15) is 11.4 Å². The molecule has 1 aromatic heterocycles. The highest BCUT2D eigenvalue weighted by Crippen LogP contribution is 2.12. The van der Waals surface area contributed by atoms with E-state index >= 15 is 0 Å². The van der Waals surface area contributed by atoms with Crippen LogP contribution in [0.2, 0.25) is 0 Å². The van der Waals surface area contributed by atoms with E-state index in [1.54, 1.807) is 28.1 Å². The van der Waals surface area contributed by atoms with E-state index in [9.17, 15) is 9.59 Å². The molecule has 0 unspecified atom stereocenters. The van der Waals surface area contributed by atoms with Crippen LogP contribution in [0.5, 0.6) is 0 Å². The number of pyridine rings is 1. The Labute approximate surface area is 146 Å². The van der Waals surface area contributed by atoms with Gasteiger partial charge in [-0.15, -0.1) is 0 Å². The number of aromatic nitrogens is 1. The van der Waals surface area contributed by atoms with E-state index in [0.717, 1.165) is 0 Å². The molecule has 2 aliphatic heterocycles. The number of nitrogens with one attached hydrogen (secondary N) is 1. The third-order valence-electron chi connectivity index (χ3n) is 4.09. The molecular formula is C17H22N4O4. The molecule has 0 spiro atoms. The molecule has 2 amide bonds. The van der Waals surface area contributed by atoms with Crippen LogP contribution >= 0.6 is 0 Å². The Kier molecular flexibility index (Phi) is 5.97. The van der Waals surface area contributed by atoms with Crippen molar-refractivity contribution < 1.29 is 19.1 Å². The smallest absolute Gasteiger partial charge is 0.261 e. The second-order valence-electron chi connectivity index (χ2n) is 5.73. The normalized spacial score (nSPS) is 17.8. The van der Waals surface area contributed by atoms with Crippen LogP contribution in [-0.2, 0) is 19.1 Å². The number of hydrogen-bond donors (Lipinski definition) is 1. The first-order valence-electron chi connectivity index (χ1n) is 8.37. The number of carbonyl (C=O) groups is 2. The molecule has 0 radical (unpaired) electrons. The van der Waals surface area contributed by atoms with E-state index < -0.39 is 0 Å². The predicted molar refractivity (Wildman–Crippen MR) is 90.7 cm³/mol. The van der Waals surface area contributed by atoms with Crippen molar-refractivity contribution in [2.45, 2.75) is 0 Å². The van der Waals surface area contributed by atoms with Crippen LogP contribution in [0, 0.1) is 0 Å². The summed E-state index contributed by atoms with van der Waals surface area (Å²) in [6.45, 7) is 3.87. The van der Waals surface area contributed by atoms with Gasteiger partial charge in [-0.2, -0.15) is 0 Å². The van der Waals surface area contributed by atoms with Crippen LogP contribution in [0.4, 0.5) is 5.82 Å². The van der Waals surface area contributed by atoms with E-state index in [1.807, 2.05) is 6.07 Å². The van der Waals surface area contributed by atoms with Crippen molar-refractivity contribution >= 4 is 17.6 Å². The van der Waals surface area contributed by atoms with Crippen LogP contribution in [0.1, 0.15) is 0 Å². The Bertz CT molecular complexity index is 591. The number of carbonyl (C=O) groups excluding carboxylic acids is 2. The van der Waals surface area contributed by atoms with Crippen LogP contribution < -0.4 is 5.32 Å². The molecule has 3 heterocycles. The van der Waals surface area contributed by atoms with E-state index in [2.05, 4.69) is 10.3 Å². The summed E-state index contributed by atoms with van der Waals surface area (Å²) in [5.41, 5.74) is 0.106. The summed E-state index contributed by atoms with van der Waals surface area (Å²) < 4.78 is 10.6. The number of amides is 2. The van der Waals surface area contributed by atoms with Gasteiger partial charge in [0.2, 0.25) is 0 Å². The van der Waals surface area contributed by atoms with Crippen molar-refractivity contribution in [1.82, 2.24) is 14.8 Å². The maximum Gasteiger partial charge on any atom is 0.261 e. The maximum absolute atomic E-state index is 12.9. The van der Waals surface area contributed by atoms with E-state index in [-0.39, 0.29) is 17.4 Å². The quantitative estimate of drug-likeness (QED) is 0.473. The molecule has 0 aliphatic carbocycles. The number of rotatable bonds is 4. The molecule has 1 N–H and O–H groups in total. The van der Waals surface area contributed by atoms with Crippen molar-refractivity contribution in [3.63, 3.8) is 0 Å². The van der Waals surface area contributed by atoms with Crippen LogP contribution in [0.15, 0.2) is 36.2 Å². The Morgan fingerprint density at radius 1 is 0.960 bits per heavy atom. The second kappa shape index (κ2) is 8.59. The molecule has 2 aliphatic rings. The molecule has 2 saturated heterocycles. The highest BCUT2D eigenvalue weighted by atomic mass is 16.5. The zero-order valence-electron chi connectivity index (χ0n) is 14.0. The van der Waals surface area contributed by atoms with Crippen LogP contribution in [-0.4, -0.2) is 79.2 Å². The summed E-state index contributed by atoms with van der Waals surface area (Å²) in [5, 5.41) is 2.95. The summed E-state index contributed by atoms with van der Waals surface area (Å²) in [5.74, 6) is -0.00370. The lowest BCUT2D eigenvalue weighted by Gasteiger charge is -2.31. The first-order chi connectivity index (χ1) is 12.3. The monoisotopic (exact) mass is 346 g/mol. The Hall–Kier alpha value is -2.45. The summed E-state index contributed by atoms with van der Waals surface area (Å²) in [6.07, 6.45) is 3.10. The standard InChI is InChI=1S/C17H22N4O4/c22-16(20-5-9-24-10-6-20)14(13-19-15-3-1-2-4-18-15)17(23)21-7-11-25-12-8-21/h1-4,13H,5-12H2,(H,18,19). The second-order valence-corrected chi connectivity index (χ2v) is 5.73. The molecule has 0 atom stereocenters. The van der Waals surface area contributed by atoms with Crippen molar-refractivity contribution in [3.05, 3.63) is 36.2 Å². The molecule has 2 fully saturated rings. The fraction of sp³-hybridized carbons (Fsp3) is 0.471. The number of morpholine rings is 2. The zero-order chi connectivity index (χ0) is 17.5. The van der Waals surface area contributed by atoms with E-state index in [1.165, 1.54) is 6.20 Å². The number of hydrogen-bond acceptors (Lipinski definition) is 6. The summed E-state index contributed by atoms with van der Waals surface area (Å²) in [6, 6.07) is 5.40. The number of anilines is 1. The minimum absolute atomic E-state index is 0.106. The van der Waals surface area contributed by atoms with Crippen molar-refractivity contribution in [2.24, 2.45) is 0 Å². The van der Waals surface area contributed by atoms with Gasteiger partial charge in [-0.3, -0.25) is 9.59 Å². The molecule has 3 rings (SSSR count). The summed E-state index contributed by atoms with van der Waals surface area (Å²) in [7, 11) is 0. The van der Waals surface area contributed by atoms with Gasteiger partial charge in [-0.05, 0) is 12.1 Å². The van der Waals surface area contributed by atoms with E-state index in [0.29, 0.717) is 58.4 Å². The maximum atomic E-state index is 12.9. The number of ether oxygens (including phenoxy) is 2. The average molecular weight is 346 g/mol. The van der Waals surface area contributed by atoms with Crippen molar-refractivity contribution in [3.8, 4) is 0 Å². The highest BCUT2D eigenvalue weighted by Gasteiger charge is 2.29. The fourth-order valence-corrected chi connectivity index (χ4v) is 2.68. The fourth-order valence-electron chi connectivity index (χ4n) is 2.68. The van der Waals surface area contributed by atoms with Gasteiger partial charge in [0.05, 0.1) is 26.4 Å². The minimum atomic E-state index is -0.289. The first kappa shape index (κ1) is 17.4. The molecular weight excluding hydrogens is 324 g/mol. The Balaban J connectivity index is 1.79. The summed E-state index contributed by atoms with van der Waals surface area (Å²) >= 11 is 0. The van der Waals surface area contributed by atoms with Gasteiger partial charge in [0.15, 0.2) is 0 Å². The molecule has 0 bridgehead atoms. The van der Waals surface area contributed by atoms with Gasteiger partial charge in [0, 0.05) is 38.6 Å². The first-order valence-corrected chi connectivity index (χ1v) is 8.37. The molecule has 0 aromatic carbocycles. The lowest BCUT2D eigenvalue weighted by Crippen LogP contribution is -2.47. The predicted octanol–water partition coefficient (Wildman–Crippen LogP) is 0.0950. The molecule has 25 heavy (non-hydrogen) atoms. The van der Waals surface area contributed by atoms with Gasteiger partial charge in [-0.25, -0.2) is 4.98 Å². The summed E-state index contributed by atoms with van der Waals surface area (Å²) in [4.78, 5) is 33.2. The SMILES string of the molecule is O=C(C(=CNc1ccccn1)C(=O)N1CCOCC1)N1CCOCC1. The Morgan fingerprint density at radius 2 is 1.52 bits per heavy atom. The molecule has 0 saturated carbocycles.